The second-order valence-electron chi connectivity index (χ2n) is 4.00. The summed E-state index contributed by atoms with van der Waals surface area (Å²) in [6.07, 6.45) is 2.87. The zero-order valence-electron chi connectivity index (χ0n) is 10.1. The van der Waals surface area contributed by atoms with Gasteiger partial charge in [-0.2, -0.15) is 5.26 Å². The molecule has 0 aliphatic rings. The summed E-state index contributed by atoms with van der Waals surface area (Å²) in [6, 6.07) is 6.92. The van der Waals surface area contributed by atoms with Gasteiger partial charge in [0.25, 0.3) is 0 Å². The van der Waals surface area contributed by atoms with Gasteiger partial charge >= 0.3 is 11.1 Å². The number of aromatic nitrogens is 2. The molecule has 0 saturated heterocycles. The molecule has 6 heteroatoms. The first-order valence-electron chi connectivity index (χ1n) is 5.50. The third-order valence-electron chi connectivity index (χ3n) is 2.73. The van der Waals surface area contributed by atoms with E-state index in [9.17, 15) is 9.59 Å². The van der Waals surface area contributed by atoms with E-state index in [1.165, 1.54) is 17.0 Å². The van der Waals surface area contributed by atoms with Crippen LogP contribution in [0.2, 0.25) is 5.02 Å². The van der Waals surface area contributed by atoms with Gasteiger partial charge in [-0.05, 0) is 24.6 Å². The predicted molar refractivity (Wildman–Crippen MR) is 71.7 cm³/mol. The van der Waals surface area contributed by atoms with Crippen LogP contribution in [0.5, 0.6) is 0 Å². The average Bonchev–Trinajstić information content (AvgIpc) is 2.39. The molecule has 96 valence electrons. The molecular formula is C13H10ClN3O2. The second kappa shape index (κ2) is 5.12. The summed E-state index contributed by atoms with van der Waals surface area (Å²) in [6.45, 7) is 1.67. The Balaban J connectivity index is 2.69. The molecule has 0 atom stereocenters. The molecule has 5 nitrogen and oxygen atoms in total. The van der Waals surface area contributed by atoms with Gasteiger partial charge < -0.3 is 0 Å². The van der Waals surface area contributed by atoms with Crippen molar-refractivity contribution in [2.45, 2.75) is 13.5 Å². The lowest BCUT2D eigenvalue weighted by atomic mass is 10.2. The van der Waals surface area contributed by atoms with Crippen molar-refractivity contribution in [1.29, 1.82) is 5.26 Å². The standard InChI is InChI=1S/C13H10ClN3O2/c1-9-2-3-10(14)8-11(9)17-7-6-16(5-4-15)12(18)13(17)19/h2-3,6-8H,5H2,1H3. The number of hydrogen-bond donors (Lipinski definition) is 0. The van der Waals surface area contributed by atoms with Crippen LogP contribution in [0.1, 0.15) is 5.56 Å². The van der Waals surface area contributed by atoms with Crippen LogP contribution >= 0.6 is 11.6 Å². The number of halogens is 1. The van der Waals surface area contributed by atoms with Crippen molar-refractivity contribution in [3.05, 3.63) is 61.9 Å². The second-order valence-corrected chi connectivity index (χ2v) is 4.43. The van der Waals surface area contributed by atoms with Crippen LogP contribution < -0.4 is 11.1 Å². The molecule has 1 aromatic heterocycles. The van der Waals surface area contributed by atoms with Crippen LogP contribution in [0, 0.1) is 18.3 Å². The van der Waals surface area contributed by atoms with Crippen molar-refractivity contribution >= 4 is 11.6 Å². The minimum atomic E-state index is -0.733. The van der Waals surface area contributed by atoms with Gasteiger partial charge in [0, 0.05) is 17.4 Å². The molecule has 0 bridgehead atoms. The van der Waals surface area contributed by atoms with E-state index >= 15 is 0 Å². The van der Waals surface area contributed by atoms with Crippen LogP contribution in [0.25, 0.3) is 5.69 Å². The Morgan fingerprint density at radius 2 is 2.00 bits per heavy atom. The lowest BCUT2D eigenvalue weighted by molar-refractivity contribution is 0.738. The minimum Gasteiger partial charge on any atom is -0.295 e. The van der Waals surface area contributed by atoms with Gasteiger partial charge in [-0.15, -0.1) is 0 Å². The van der Waals surface area contributed by atoms with E-state index in [0.717, 1.165) is 10.1 Å². The summed E-state index contributed by atoms with van der Waals surface area (Å²) in [4.78, 5) is 23.8. The molecule has 1 heterocycles. The number of nitrogens with zero attached hydrogens (tertiary/aromatic N) is 3. The first-order valence-corrected chi connectivity index (χ1v) is 5.88. The summed E-state index contributed by atoms with van der Waals surface area (Å²) >= 11 is 5.90. The van der Waals surface area contributed by atoms with E-state index in [-0.39, 0.29) is 6.54 Å². The average molecular weight is 276 g/mol. The molecule has 2 aromatic rings. The highest BCUT2D eigenvalue weighted by molar-refractivity contribution is 6.30. The fraction of sp³-hybridized carbons (Fsp3) is 0.154. The summed E-state index contributed by atoms with van der Waals surface area (Å²) in [5.41, 5.74) is -0.0609. The van der Waals surface area contributed by atoms with E-state index < -0.39 is 11.1 Å². The Morgan fingerprint density at radius 3 is 2.68 bits per heavy atom. The van der Waals surface area contributed by atoms with Crippen molar-refractivity contribution in [2.75, 3.05) is 0 Å². The predicted octanol–water partition coefficient (Wildman–Crippen LogP) is 1.48. The third-order valence-corrected chi connectivity index (χ3v) is 2.97. The summed E-state index contributed by atoms with van der Waals surface area (Å²) in [7, 11) is 0. The van der Waals surface area contributed by atoms with Crippen LogP contribution in [0.4, 0.5) is 0 Å². The van der Waals surface area contributed by atoms with E-state index in [1.54, 1.807) is 18.2 Å². The van der Waals surface area contributed by atoms with Crippen LogP contribution in [-0.2, 0) is 6.54 Å². The Labute approximate surface area is 113 Å². The van der Waals surface area contributed by atoms with E-state index in [2.05, 4.69) is 0 Å². The highest BCUT2D eigenvalue weighted by atomic mass is 35.5. The topological polar surface area (TPSA) is 67.8 Å². The lowest BCUT2D eigenvalue weighted by Gasteiger charge is -2.10. The Bertz CT molecular complexity index is 784. The van der Waals surface area contributed by atoms with Crippen molar-refractivity contribution in [2.24, 2.45) is 0 Å². The smallest absolute Gasteiger partial charge is 0.295 e. The van der Waals surface area contributed by atoms with E-state index in [0.29, 0.717) is 10.7 Å². The first-order chi connectivity index (χ1) is 9.04. The van der Waals surface area contributed by atoms with Gasteiger partial charge in [0.15, 0.2) is 0 Å². The van der Waals surface area contributed by atoms with Crippen molar-refractivity contribution in [1.82, 2.24) is 9.13 Å². The number of aryl methyl sites for hydroxylation is 1. The molecule has 0 spiro atoms. The normalized spacial score (nSPS) is 10.2. The van der Waals surface area contributed by atoms with Gasteiger partial charge in [-0.25, -0.2) is 0 Å². The van der Waals surface area contributed by atoms with Gasteiger partial charge in [0.05, 0.1) is 11.8 Å². The molecule has 0 unspecified atom stereocenters. The lowest BCUT2D eigenvalue weighted by Crippen LogP contribution is -2.40. The van der Waals surface area contributed by atoms with Gasteiger partial charge in [-0.3, -0.25) is 18.7 Å². The highest BCUT2D eigenvalue weighted by Crippen LogP contribution is 2.17. The van der Waals surface area contributed by atoms with Crippen LogP contribution in [-0.4, -0.2) is 9.13 Å². The largest absolute Gasteiger partial charge is 0.321 e. The van der Waals surface area contributed by atoms with Crippen molar-refractivity contribution in [3.63, 3.8) is 0 Å². The molecule has 0 N–H and O–H groups in total. The maximum atomic E-state index is 12.0. The third kappa shape index (κ3) is 2.44. The van der Waals surface area contributed by atoms with Gasteiger partial charge in [0.2, 0.25) is 0 Å². The molecule has 19 heavy (non-hydrogen) atoms. The number of nitriles is 1. The molecule has 1 aromatic carbocycles. The Kier molecular flexibility index (Phi) is 3.54. The zero-order chi connectivity index (χ0) is 14.0. The zero-order valence-corrected chi connectivity index (χ0v) is 10.9. The van der Waals surface area contributed by atoms with Gasteiger partial charge in [-0.1, -0.05) is 17.7 Å². The molecule has 0 saturated carbocycles. The molecule has 2 rings (SSSR count). The fourth-order valence-corrected chi connectivity index (χ4v) is 1.91. The minimum absolute atomic E-state index is 0.149. The maximum absolute atomic E-state index is 12.0. The number of rotatable bonds is 2. The number of benzene rings is 1. The van der Waals surface area contributed by atoms with E-state index in [1.807, 2.05) is 13.0 Å². The Morgan fingerprint density at radius 1 is 1.26 bits per heavy atom. The summed E-state index contributed by atoms with van der Waals surface area (Å²) < 4.78 is 2.30. The van der Waals surface area contributed by atoms with E-state index in [4.69, 9.17) is 16.9 Å². The summed E-state index contributed by atoms with van der Waals surface area (Å²) in [5.74, 6) is 0. The first kappa shape index (κ1) is 13.1. The molecule has 0 fully saturated rings. The molecular weight excluding hydrogens is 266 g/mol. The van der Waals surface area contributed by atoms with Crippen molar-refractivity contribution < 1.29 is 0 Å². The molecule has 0 amide bonds. The SMILES string of the molecule is Cc1ccc(Cl)cc1-n1ccn(CC#N)c(=O)c1=O. The van der Waals surface area contributed by atoms with Crippen molar-refractivity contribution in [3.8, 4) is 11.8 Å². The quantitative estimate of drug-likeness (QED) is 0.780. The van der Waals surface area contributed by atoms with Gasteiger partial charge in [0.1, 0.15) is 6.54 Å². The maximum Gasteiger partial charge on any atom is 0.321 e. The molecule has 0 aliphatic carbocycles. The molecule has 0 aliphatic heterocycles. The molecule has 0 radical (unpaired) electrons. The fourth-order valence-electron chi connectivity index (χ4n) is 1.74. The van der Waals surface area contributed by atoms with Crippen LogP contribution in [0.15, 0.2) is 40.2 Å². The Hall–Kier alpha value is -2.32. The summed E-state index contributed by atoms with van der Waals surface area (Å²) in [5, 5.41) is 9.05. The monoisotopic (exact) mass is 275 g/mol. The highest BCUT2D eigenvalue weighted by Gasteiger charge is 2.08. The van der Waals surface area contributed by atoms with Crippen LogP contribution in [0.3, 0.4) is 0 Å². The number of hydrogen-bond acceptors (Lipinski definition) is 3.